The molecule has 1 aromatic rings. The fourth-order valence-corrected chi connectivity index (χ4v) is 1.12. The van der Waals surface area contributed by atoms with Crippen LogP contribution < -0.4 is 11.5 Å². The predicted octanol–water partition coefficient (Wildman–Crippen LogP) is 1.47. The molecule has 0 unspecified atom stereocenters. The van der Waals surface area contributed by atoms with Crippen molar-refractivity contribution < 1.29 is 0 Å². The molecule has 0 aliphatic rings. The number of hydrogen-bond acceptors (Lipinski definition) is 4. The number of aryl methyl sites for hydroxylation is 1. The monoisotopic (exact) mass is 192 g/mol. The zero-order chi connectivity index (χ0) is 10.6. The van der Waals surface area contributed by atoms with E-state index in [-0.39, 0.29) is 0 Å². The van der Waals surface area contributed by atoms with Crippen molar-refractivity contribution >= 4 is 11.5 Å². The Bertz CT molecular complexity index is 344. The second-order valence-electron chi connectivity index (χ2n) is 3.16. The summed E-state index contributed by atoms with van der Waals surface area (Å²) in [5.74, 6) is 1.11. The van der Waals surface area contributed by atoms with Gasteiger partial charge in [0.15, 0.2) is 0 Å². The molecule has 0 aliphatic carbocycles. The molecule has 4 heteroatoms. The van der Waals surface area contributed by atoms with E-state index in [1.165, 1.54) is 0 Å². The van der Waals surface area contributed by atoms with Gasteiger partial charge in [0.1, 0.15) is 11.6 Å². The van der Waals surface area contributed by atoms with E-state index in [0.717, 1.165) is 18.4 Å². The molecule has 0 saturated carbocycles. The second kappa shape index (κ2) is 4.60. The number of anilines is 1. The Morgan fingerprint density at radius 3 is 2.86 bits per heavy atom. The summed E-state index contributed by atoms with van der Waals surface area (Å²) in [5, 5.41) is 0. The van der Waals surface area contributed by atoms with Gasteiger partial charge in [-0.2, -0.15) is 0 Å². The molecule has 1 aromatic heterocycles. The van der Waals surface area contributed by atoms with E-state index in [9.17, 15) is 0 Å². The standard InChI is InChI=1S/C10H16N4/c1-3-4-5-9(11)8-6-13-7(2)14-10(8)12/h5-6H,3-4,11H2,1-2H3,(H2,12,13,14)/b9-5-. The summed E-state index contributed by atoms with van der Waals surface area (Å²) in [4.78, 5) is 8.11. The lowest BCUT2D eigenvalue weighted by Gasteiger charge is -2.04. The van der Waals surface area contributed by atoms with Crippen molar-refractivity contribution in [1.29, 1.82) is 0 Å². The van der Waals surface area contributed by atoms with Crippen molar-refractivity contribution in [2.45, 2.75) is 26.7 Å². The number of nitrogens with zero attached hydrogens (tertiary/aromatic N) is 2. The van der Waals surface area contributed by atoms with Crippen LogP contribution in [0.15, 0.2) is 12.3 Å². The van der Waals surface area contributed by atoms with Crippen LogP contribution in [-0.2, 0) is 0 Å². The number of hydrogen-bond donors (Lipinski definition) is 2. The molecule has 0 saturated heterocycles. The van der Waals surface area contributed by atoms with E-state index < -0.39 is 0 Å². The first-order valence-corrected chi connectivity index (χ1v) is 4.70. The topological polar surface area (TPSA) is 77.8 Å². The molecule has 0 atom stereocenters. The van der Waals surface area contributed by atoms with Crippen LogP contribution in [0.5, 0.6) is 0 Å². The largest absolute Gasteiger partial charge is 0.398 e. The molecular formula is C10H16N4. The molecule has 0 spiro atoms. The summed E-state index contributed by atoms with van der Waals surface area (Å²) in [5.41, 5.74) is 12.9. The Labute approximate surface area is 84.1 Å². The summed E-state index contributed by atoms with van der Waals surface area (Å²) in [6, 6.07) is 0. The molecule has 0 amide bonds. The maximum atomic E-state index is 5.83. The first kappa shape index (κ1) is 10.5. The highest BCUT2D eigenvalue weighted by molar-refractivity contribution is 5.69. The average molecular weight is 192 g/mol. The van der Waals surface area contributed by atoms with E-state index in [4.69, 9.17) is 11.5 Å². The minimum Gasteiger partial charge on any atom is -0.398 e. The van der Waals surface area contributed by atoms with Crippen molar-refractivity contribution in [3.8, 4) is 0 Å². The number of nitrogen functional groups attached to an aromatic ring is 1. The fourth-order valence-electron chi connectivity index (χ4n) is 1.12. The molecule has 1 rings (SSSR count). The molecule has 14 heavy (non-hydrogen) atoms. The van der Waals surface area contributed by atoms with E-state index >= 15 is 0 Å². The lowest BCUT2D eigenvalue weighted by molar-refractivity contribution is 0.957. The van der Waals surface area contributed by atoms with Crippen molar-refractivity contribution in [1.82, 2.24) is 9.97 Å². The van der Waals surface area contributed by atoms with Gasteiger partial charge in [-0.3, -0.25) is 0 Å². The van der Waals surface area contributed by atoms with E-state index in [1.54, 1.807) is 13.1 Å². The Kier molecular flexibility index (Phi) is 3.45. The molecule has 4 N–H and O–H groups in total. The van der Waals surface area contributed by atoms with Gasteiger partial charge in [0.25, 0.3) is 0 Å². The number of allylic oxidation sites excluding steroid dienone is 1. The Balaban J connectivity index is 2.95. The third-order valence-corrected chi connectivity index (χ3v) is 1.90. The van der Waals surface area contributed by atoms with Gasteiger partial charge < -0.3 is 11.5 Å². The predicted molar refractivity (Wildman–Crippen MR) is 58.3 cm³/mol. The van der Waals surface area contributed by atoms with Crippen molar-refractivity contribution in [3.05, 3.63) is 23.7 Å². The lowest BCUT2D eigenvalue weighted by atomic mass is 10.2. The third kappa shape index (κ3) is 2.45. The number of nitrogens with two attached hydrogens (primary N) is 2. The minimum atomic E-state index is 0.447. The minimum absolute atomic E-state index is 0.447. The lowest BCUT2D eigenvalue weighted by Crippen LogP contribution is -2.05. The molecule has 76 valence electrons. The van der Waals surface area contributed by atoms with Crippen molar-refractivity contribution in [2.24, 2.45) is 5.73 Å². The van der Waals surface area contributed by atoms with Gasteiger partial charge in [0.05, 0.1) is 5.56 Å². The van der Waals surface area contributed by atoms with Crippen LogP contribution in [0.3, 0.4) is 0 Å². The molecule has 0 radical (unpaired) electrons. The van der Waals surface area contributed by atoms with Gasteiger partial charge >= 0.3 is 0 Å². The normalized spacial score (nSPS) is 11.7. The highest BCUT2D eigenvalue weighted by Gasteiger charge is 2.03. The number of unbranched alkanes of at least 4 members (excludes halogenated alkanes) is 1. The molecule has 1 heterocycles. The second-order valence-corrected chi connectivity index (χ2v) is 3.16. The van der Waals surface area contributed by atoms with Crippen LogP contribution in [0.1, 0.15) is 31.2 Å². The van der Waals surface area contributed by atoms with Crippen LogP contribution in [0, 0.1) is 6.92 Å². The molecule has 0 fully saturated rings. The van der Waals surface area contributed by atoms with E-state index in [1.807, 2.05) is 6.08 Å². The van der Waals surface area contributed by atoms with Crippen LogP contribution >= 0.6 is 0 Å². The van der Waals surface area contributed by atoms with Gasteiger partial charge in [-0.25, -0.2) is 9.97 Å². The van der Waals surface area contributed by atoms with Crippen LogP contribution in [0.4, 0.5) is 5.82 Å². The van der Waals surface area contributed by atoms with Crippen molar-refractivity contribution in [2.75, 3.05) is 5.73 Å². The van der Waals surface area contributed by atoms with E-state index in [0.29, 0.717) is 17.3 Å². The fraction of sp³-hybridized carbons (Fsp3) is 0.400. The summed E-state index contributed by atoms with van der Waals surface area (Å²) < 4.78 is 0. The van der Waals surface area contributed by atoms with Crippen LogP contribution in [-0.4, -0.2) is 9.97 Å². The molecular weight excluding hydrogens is 176 g/mol. The van der Waals surface area contributed by atoms with Crippen molar-refractivity contribution in [3.63, 3.8) is 0 Å². The summed E-state index contributed by atoms with van der Waals surface area (Å²) in [6.07, 6.45) is 5.62. The Morgan fingerprint density at radius 1 is 1.57 bits per heavy atom. The van der Waals surface area contributed by atoms with Gasteiger partial charge in [-0.05, 0) is 13.3 Å². The molecule has 4 nitrogen and oxygen atoms in total. The first-order chi connectivity index (χ1) is 6.65. The quantitative estimate of drug-likeness (QED) is 0.760. The Morgan fingerprint density at radius 2 is 2.29 bits per heavy atom. The van der Waals surface area contributed by atoms with Crippen LogP contribution in [0.2, 0.25) is 0 Å². The summed E-state index contributed by atoms with van der Waals surface area (Å²) in [7, 11) is 0. The van der Waals surface area contributed by atoms with Gasteiger partial charge in [-0.1, -0.05) is 19.4 Å². The maximum absolute atomic E-state index is 5.83. The van der Waals surface area contributed by atoms with Crippen LogP contribution in [0.25, 0.3) is 5.70 Å². The zero-order valence-corrected chi connectivity index (χ0v) is 8.62. The zero-order valence-electron chi connectivity index (χ0n) is 8.62. The smallest absolute Gasteiger partial charge is 0.136 e. The summed E-state index contributed by atoms with van der Waals surface area (Å²) in [6.45, 7) is 3.89. The first-order valence-electron chi connectivity index (χ1n) is 4.70. The van der Waals surface area contributed by atoms with Gasteiger partial charge in [0, 0.05) is 11.9 Å². The third-order valence-electron chi connectivity index (χ3n) is 1.90. The number of aromatic nitrogens is 2. The molecule has 0 aromatic carbocycles. The SMILES string of the molecule is CCC/C=C(\N)c1cnc(C)nc1N. The van der Waals surface area contributed by atoms with E-state index in [2.05, 4.69) is 16.9 Å². The Hall–Kier alpha value is -1.58. The van der Waals surface area contributed by atoms with Gasteiger partial charge in [-0.15, -0.1) is 0 Å². The highest BCUT2D eigenvalue weighted by Crippen LogP contribution is 2.14. The van der Waals surface area contributed by atoms with Gasteiger partial charge in [0.2, 0.25) is 0 Å². The molecule has 0 aliphatic heterocycles. The highest BCUT2D eigenvalue weighted by atomic mass is 14.9. The average Bonchev–Trinajstić information content (AvgIpc) is 2.14. The number of rotatable bonds is 3. The summed E-state index contributed by atoms with van der Waals surface area (Å²) >= 11 is 0. The molecule has 0 bridgehead atoms. The maximum Gasteiger partial charge on any atom is 0.136 e.